The van der Waals surface area contributed by atoms with Crippen LogP contribution in [-0.4, -0.2) is 41.7 Å². The van der Waals surface area contributed by atoms with Crippen LogP contribution < -0.4 is 0 Å². The molecule has 0 saturated carbocycles. The molecular formula is C21H26N2O2. The highest BCUT2D eigenvalue weighted by atomic mass is 16.5. The first-order chi connectivity index (χ1) is 12.2. The molecule has 0 aliphatic heterocycles. The third kappa shape index (κ3) is 3.40. The molecule has 0 N–H and O–H groups in total. The zero-order chi connectivity index (χ0) is 17.8. The summed E-state index contributed by atoms with van der Waals surface area (Å²) in [5.41, 5.74) is 2.90. The Balaban J connectivity index is 1.85. The van der Waals surface area contributed by atoms with Crippen LogP contribution in [0.25, 0.3) is 21.8 Å². The van der Waals surface area contributed by atoms with Crippen LogP contribution in [0.15, 0.2) is 42.5 Å². The molecule has 0 unspecified atom stereocenters. The first-order valence-corrected chi connectivity index (χ1v) is 9.10. The number of rotatable bonds is 7. The predicted octanol–water partition coefficient (Wildman–Crippen LogP) is 4.31. The number of aryl methyl sites for hydroxylation is 1. The normalized spacial score (nSPS) is 11.5. The quantitative estimate of drug-likeness (QED) is 0.602. The first-order valence-electron chi connectivity index (χ1n) is 9.10. The van der Waals surface area contributed by atoms with Crippen molar-refractivity contribution in [1.82, 2.24) is 9.47 Å². The summed E-state index contributed by atoms with van der Waals surface area (Å²) >= 11 is 0. The molecule has 0 radical (unpaired) electrons. The summed E-state index contributed by atoms with van der Waals surface area (Å²) in [5.74, 6) is -0.248. The largest absolute Gasteiger partial charge is 0.461 e. The van der Waals surface area contributed by atoms with Crippen molar-refractivity contribution in [2.45, 2.75) is 27.3 Å². The molecule has 0 amide bonds. The van der Waals surface area contributed by atoms with Crippen molar-refractivity contribution in [2.24, 2.45) is 0 Å². The lowest BCUT2D eigenvalue weighted by molar-refractivity contribution is 0.0466. The fourth-order valence-corrected chi connectivity index (χ4v) is 3.41. The average molecular weight is 338 g/mol. The maximum absolute atomic E-state index is 12.4. The number of fused-ring (bicyclic) bond motifs is 3. The molecule has 0 bridgehead atoms. The van der Waals surface area contributed by atoms with Crippen molar-refractivity contribution in [1.29, 1.82) is 0 Å². The molecule has 25 heavy (non-hydrogen) atoms. The topological polar surface area (TPSA) is 34.5 Å². The van der Waals surface area contributed by atoms with E-state index in [1.54, 1.807) is 0 Å². The summed E-state index contributed by atoms with van der Waals surface area (Å²) < 4.78 is 7.72. The highest BCUT2D eigenvalue weighted by Crippen LogP contribution is 2.29. The van der Waals surface area contributed by atoms with E-state index >= 15 is 0 Å². The molecule has 1 aromatic heterocycles. The Hall–Kier alpha value is -2.33. The van der Waals surface area contributed by atoms with Crippen molar-refractivity contribution in [3.05, 3.63) is 48.0 Å². The molecule has 0 atom stereocenters. The second-order valence-electron chi connectivity index (χ2n) is 6.16. The Morgan fingerprint density at radius 2 is 1.72 bits per heavy atom. The zero-order valence-electron chi connectivity index (χ0n) is 15.3. The lowest BCUT2D eigenvalue weighted by Gasteiger charge is -2.17. The van der Waals surface area contributed by atoms with Crippen LogP contribution in [0.3, 0.4) is 0 Å². The van der Waals surface area contributed by atoms with Crippen LogP contribution in [0.1, 0.15) is 31.1 Å². The van der Waals surface area contributed by atoms with Gasteiger partial charge in [-0.3, -0.25) is 0 Å². The molecule has 0 fully saturated rings. The predicted molar refractivity (Wildman–Crippen MR) is 103 cm³/mol. The van der Waals surface area contributed by atoms with Crippen LogP contribution >= 0.6 is 0 Å². The number of likely N-dealkylation sites (N-methyl/N-ethyl adjacent to an activating group) is 1. The fourth-order valence-electron chi connectivity index (χ4n) is 3.41. The molecule has 3 aromatic rings. The Bertz CT molecular complexity index is 878. The number of carbonyl (C=O) groups excluding carboxylic acids is 1. The number of aromatic nitrogens is 1. The maximum atomic E-state index is 12.4. The van der Waals surface area contributed by atoms with Gasteiger partial charge in [-0.1, -0.05) is 38.1 Å². The van der Waals surface area contributed by atoms with Crippen LogP contribution in [0.5, 0.6) is 0 Å². The standard InChI is InChI=1S/C21H26N2O2/c1-4-22(5-2)13-14-25-21(24)16-11-12-18-17-9-7-8-10-19(17)23(6-3)20(18)15-16/h7-12,15H,4-6,13-14H2,1-3H3. The molecule has 4 heteroatoms. The van der Waals surface area contributed by atoms with Gasteiger partial charge in [-0.15, -0.1) is 0 Å². The summed E-state index contributed by atoms with van der Waals surface area (Å²) in [6, 6.07) is 14.2. The van der Waals surface area contributed by atoms with Crippen LogP contribution in [-0.2, 0) is 11.3 Å². The van der Waals surface area contributed by atoms with Gasteiger partial charge < -0.3 is 14.2 Å². The van der Waals surface area contributed by atoms with Gasteiger partial charge in [0.2, 0.25) is 0 Å². The van der Waals surface area contributed by atoms with Gasteiger partial charge in [0.1, 0.15) is 6.61 Å². The summed E-state index contributed by atoms with van der Waals surface area (Å²) in [7, 11) is 0. The van der Waals surface area contributed by atoms with Gasteiger partial charge >= 0.3 is 5.97 Å². The van der Waals surface area contributed by atoms with Crippen molar-refractivity contribution in [2.75, 3.05) is 26.2 Å². The number of hydrogen-bond donors (Lipinski definition) is 0. The van der Waals surface area contributed by atoms with Gasteiger partial charge in [0.25, 0.3) is 0 Å². The van der Waals surface area contributed by atoms with E-state index in [2.05, 4.69) is 54.5 Å². The third-order valence-electron chi connectivity index (χ3n) is 4.86. The molecule has 132 valence electrons. The maximum Gasteiger partial charge on any atom is 0.338 e. The number of ether oxygens (including phenoxy) is 1. The van der Waals surface area contributed by atoms with Gasteiger partial charge in [-0.2, -0.15) is 0 Å². The summed E-state index contributed by atoms with van der Waals surface area (Å²) in [6.45, 7) is 10.4. The van der Waals surface area contributed by atoms with Crippen LogP contribution in [0, 0.1) is 0 Å². The van der Waals surface area contributed by atoms with Gasteiger partial charge in [-0.05, 0) is 38.2 Å². The van der Waals surface area contributed by atoms with E-state index in [9.17, 15) is 4.79 Å². The Morgan fingerprint density at radius 1 is 1.00 bits per heavy atom. The minimum absolute atomic E-state index is 0.248. The Morgan fingerprint density at radius 3 is 2.44 bits per heavy atom. The molecule has 2 aromatic carbocycles. The van der Waals surface area contributed by atoms with Crippen LogP contribution in [0.2, 0.25) is 0 Å². The number of carbonyl (C=O) groups is 1. The number of benzene rings is 2. The van der Waals surface area contributed by atoms with E-state index in [-0.39, 0.29) is 5.97 Å². The number of para-hydroxylation sites is 1. The van der Waals surface area contributed by atoms with Gasteiger partial charge in [0.05, 0.1) is 5.56 Å². The van der Waals surface area contributed by atoms with Crippen molar-refractivity contribution >= 4 is 27.8 Å². The van der Waals surface area contributed by atoms with Gasteiger partial charge in [-0.25, -0.2) is 4.79 Å². The lowest BCUT2D eigenvalue weighted by atomic mass is 10.1. The van der Waals surface area contributed by atoms with Crippen LogP contribution in [0.4, 0.5) is 0 Å². The molecule has 4 nitrogen and oxygen atoms in total. The first kappa shape index (κ1) is 17.5. The van der Waals surface area contributed by atoms with Crippen molar-refractivity contribution in [3.63, 3.8) is 0 Å². The third-order valence-corrected chi connectivity index (χ3v) is 4.86. The van der Waals surface area contributed by atoms with Gasteiger partial charge in [0, 0.05) is 34.9 Å². The van der Waals surface area contributed by atoms with E-state index in [0.29, 0.717) is 12.2 Å². The number of esters is 1. The zero-order valence-corrected chi connectivity index (χ0v) is 15.3. The van der Waals surface area contributed by atoms with E-state index in [4.69, 9.17) is 4.74 Å². The fraction of sp³-hybridized carbons (Fsp3) is 0.381. The van der Waals surface area contributed by atoms with E-state index < -0.39 is 0 Å². The molecule has 0 saturated heterocycles. The minimum Gasteiger partial charge on any atom is -0.461 e. The number of hydrogen-bond acceptors (Lipinski definition) is 3. The monoisotopic (exact) mass is 338 g/mol. The van der Waals surface area contributed by atoms with E-state index in [0.717, 1.165) is 31.7 Å². The molecule has 0 spiro atoms. The lowest BCUT2D eigenvalue weighted by Crippen LogP contribution is -2.27. The molecule has 1 heterocycles. The second-order valence-corrected chi connectivity index (χ2v) is 6.16. The summed E-state index contributed by atoms with van der Waals surface area (Å²) in [4.78, 5) is 14.7. The second kappa shape index (κ2) is 7.70. The van der Waals surface area contributed by atoms with Gasteiger partial charge in [0.15, 0.2) is 0 Å². The highest BCUT2D eigenvalue weighted by Gasteiger charge is 2.13. The average Bonchev–Trinajstić information content (AvgIpc) is 2.98. The minimum atomic E-state index is -0.248. The van der Waals surface area contributed by atoms with E-state index in [1.807, 2.05) is 18.2 Å². The highest BCUT2D eigenvalue weighted by molar-refractivity contribution is 6.09. The van der Waals surface area contributed by atoms with Crippen molar-refractivity contribution < 1.29 is 9.53 Å². The molecule has 3 rings (SSSR count). The van der Waals surface area contributed by atoms with E-state index in [1.165, 1.54) is 16.3 Å². The number of nitrogens with zero attached hydrogens (tertiary/aromatic N) is 2. The summed E-state index contributed by atoms with van der Waals surface area (Å²) in [6.07, 6.45) is 0. The molecule has 0 aliphatic carbocycles. The summed E-state index contributed by atoms with van der Waals surface area (Å²) in [5, 5.41) is 2.40. The smallest absolute Gasteiger partial charge is 0.338 e. The molecular weight excluding hydrogens is 312 g/mol. The molecule has 0 aliphatic rings. The Kier molecular flexibility index (Phi) is 5.39. The SMILES string of the molecule is CCN(CC)CCOC(=O)c1ccc2c3ccccc3n(CC)c2c1. The Labute approximate surface area is 149 Å². The van der Waals surface area contributed by atoms with Crippen molar-refractivity contribution in [3.8, 4) is 0 Å².